The average Bonchev–Trinajstić information content (AvgIpc) is 2.55. The number of carbonyl (C=O) groups excluding carboxylic acids is 3. The van der Waals surface area contributed by atoms with E-state index in [4.69, 9.17) is 25.5 Å². The molecule has 0 amide bonds. The van der Waals surface area contributed by atoms with Crippen LogP contribution in [0.4, 0.5) is 0 Å². The largest absolute Gasteiger partial charge is 0.481 e. The van der Waals surface area contributed by atoms with Gasteiger partial charge in [-0.05, 0) is 6.92 Å². The Morgan fingerprint density at radius 3 is 1.66 bits per heavy atom. The van der Waals surface area contributed by atoms with E-state index in [1.807, 2.05) is 0 Å². The Bertz CT molecular complexity index is 693. The third kappa shape index (κ3) is 9.14. The van der Waals surface area contributed by atoms with E-state index in [1.165, 1.54) is 0 Å². The average molecular weight is 424 g/mol. The Balaban J connectivity index is 5.79. The molecule has 0 bridgehead atoms. The molecule has 0 aliphatic heterocycles. The van der Waals surface area contributed by atoms with Gasteiger partial charge in [0.25, 0.3) is 0 Å². The number of hydrogen-bond donors (Lipinski definition) is 5. The summed E-state index contributed by atoms with van der Waals surface area (Å²) in [5.74, 6) is -12.8. The minimum absolute atomic E-state index is 0.849. The number of esters is 3. The second kappa shape index (κ2) is 11.2. The Kier molecular flexibility index (Phi) is 9.73. The summed E-state index contributed by atoms with van der Waals surface area (Å²) < 4.78 is 13.0. The Hall–Kier alpha value is -3.75. The van der Waals surface area contributed by atoms with Crippen molar-refractivity contribution in [3.63, 3.8) is 0 Å². The minimum atomic E-state index is -2.70. The molecule has 0 heterocycles. The molecule has 0 rings (SSSR count). The second-order valence-corrected chi connectivity index (χ2v) is 5.21. The summed E-state index contributed by atoms with van der Waals surface area (Å²) in [6, 6.07) is 0. The summed E-state index contributed by atoms with van der Waals surface area (Å²) in [4.78, 5) is 78.5. The molecule has 0 aliphatic carbocycles. The van der Waals surface area contributed by atoms with Gasteiger partial charge in [-0.1, -0.05) is 0 Å². The van der Waals surface area contributed by atoms with Crippen molar-refractivity contribution >= 4 is 41.8 Å². The zero-order valence-electron chi connectivity index (χ0n) is 14.5. The van der Waals surface area contributed by atoms with Crippen LogP contribution in [0.5, 0.6) is 0 Å². The zero-order chi connectivity index (χ0) is 22.9. The number of carboxylic acid groups (broad SMARTS) is 4. The summed E-state index contributed by atoms with van der Waals surface area (Å²) in [5.41, 5.74) is 0. The molecule has 4 unspecified atom stereocenters. The van der Waals surface area contributed by atoms with Crippen molar-refractivity contribution in [2.45, 2.75) is 44.2 Å². The van der Waals surface area contributed by atoms with Gasteiger partial charge >= 0.3 is 41.8 Å². The van der Waals surface area contributed by atoms with Crippen LogP contribution in [0.3, 0.4) is 0 Å². The van der Waals surface area contributed by atoms with E-state index in [1.54, 1.807) is 0 Å². The molecular formula is C14H16O15. The van der Waals surface area contributed by atoms with Crippen LogP contribution in [0.15, 0.2) is 0 Å². The number of ether oxygens (including phenoxy) is 3. The molecule has 4 atom stereocenters. The fourth-order valence-electron chi connectivity index (χ4n) is 1.55. The predicted octanol–water partition coefficient (Wildman–Crippen LogP) is -2.78. The van der Waals surface area contributed by atoms with Crippen LogP contribution in [0.25, 0.3) is 0 Å². The lowest BCUT2D eigenvalue weighted by Gasteiger charge is -2.24. The Morgan fingerprint density at radius 1 is 0.724 bits per heavy atom. The first-order valence-electron chi connectivity index (χ1n) is 7.44. The maximum atomic E-state index is 12.1. The highest BCUT2D eigenvalue weighted by molar-refractivity contribution is 5.94. The van der Waals surface area contributed by atoms with Crippen LogP contribution in [-0.2, 0) is 47.8 Å². The highest BCUT2D eigenvalue weighted by atomic mass is 16.6. The molecule has 15 nitrogen and oxygen atoms in total. The molecule has 0 spiro atoms. The van der Waals surface area contributed by atoms with E-state index in [0.717, 1.165) is 6.92 Å². The highest BCUT2D eigenvalue weighted by Crippen LogP contribution is 2.13. The first-order chi connectivity index (χ1) is 13.3. The van der Waals surface area contributed by atoms with E-state index in [0.29, 0.717) is 0 Å². The molecule has 0 saturated carbocycles. The SMILES string of the molecule is CC(O)C(=O)OC(C(=O)OC(CC(=O)O)C(=O)O)C(OC(=O)CC(=O)O)C(=O)O. The fraction of sp³-hybridized carbons (Fsp3) is 0.500. The molecule has 0 aliphatic rings. The smallest absolute Gasteiger partial charge is 0.352 e. The molecule has 0 aromatic carbocycles. The topological polar surface area (TPSA) is 248 Å². The molecule has 0 aromatic heterocycles. The lowest BCUT2D eigenvalue weighted by atomic mass is 10.2. The van der Waals surface area contributed by atoms with Crippen molar-refractivity contribution in [2.75, 3.05) is 0 Å². The van der Waals surface area contributed by atoms with E-state index in [2.05, 4.69) is 14.2 Å². The van der Waals surface area contributed by atoms with Gasteiger partial charge in [0.2, 0.25) is 18.3 Å². The van der Waals surface area contributed by atoms with Crippen molar-refractivity contribution in [1.82, 2.24) is 0 Å². The van der Waals surface area contributed by atoms with Crippen molar-refractivity contribution < 1.29 is 73.3 Å². The van der Waals surface area contributed by atoms with Crippen LogP contribution in [-0.4, -0.2) is 91.7 Å². The van der Waals surface area contributed by atoms with Gasteiger partial charge in [0.15, 0.2) is 0 Å². The van der Waals surface area contributed by atoms with Crippen LogP contribution < -0.4 is 0 Å². The zero-order valence-corrected chi connectivity index (χ0v) is 14.5. The van der Waals surface area contributed by atoms with Gasteiger partial charge in [0.1, 0.15) is 12.5 Å². The Labute approximate surface area is 160 Å². The highest BCUT2D eigenvalue weighted by Gasteiger charge is 2.44. The second-order valence-electron chi connectivity index (χ2n) is 5.21. The fourth-order valence-corrected chi connectivity index (χ4v) is 1.55. The standard InChI is InChI=1S/C14H16O15/c1-4(15)13(25)29-10(9(12(23)24)28-8(20)3-7(18)19)14(26)27-5(11(21)22)2-6(16)17/h4-5,9-10,15H,2-3H2,1H3,(H,16,17)(H,18,19)(H,21,22)(H,23,24). The van der Waals surface area contributed by atoms with Crippen molar-refractivity contribution in [3.8, 4) is 0 Å². The van der Waals surface area contributed by atoms with Gasteiger partial charge in [-0.2, -0.15) is 0 Å². The summed E-state index contributed by atoms with van der Waals surface area (Å²) in [7, 11) is 0. The van der Waals surface area contributed by atoms with E-state index in [9.17, 15) is 33.6 Å². The van der Waals surface area contributed by atoms with Crippen LogP contribution in [0.2, 0.25) is 0 Å². The van der Waals surface area contributed by atoms with Crippen molar-refractivity contribution in [2.24, 2.45) is 0 Å². The van der Waals surface area contributed by atoms with E-state index < -0.39 is 79.0 Å². The minimum Gasteiger partial charge on any atom is -0.481 e. The first kappa shape index (κ1) is 25.2. The monoisotopic (exact) mass is 424 g/mol. The van der Waals surface area contributed by atoms with Crippen LogP contribution in [0.1, 0.15) is 19.8 Å². The summed E-state index contributed by atoms with van der Waals surface area (Å²) in [6.45, 7) is 0.849. The molecule has 162 valence electrons. The van der Waals surface area contributed by atoms with Crippen molar-refractivity contribution in [3.05, 3.63) is 0 Å². The maximum Gasteiger partial charge on any atom is 0.352 e. The predicted molar refractivity (Wildman–Crippen MR) is 81.1 cm³/mol. The molecule has 0 saturated heterocycles. The number of aliphatic hydroxyl groups excluding tert-OH is 1. The molecule has 0 radical (unpaired) electrons. The van der Waals surface area contributed by atoms with Crippen molar-refractivity contribution in [1.29, 1.82) is 0 Å². The van der Waals surface area contributed by atoms with E-state index in [-0.39, 0.29) is 0 Å². The molecule has 29 heavy (non-hydrogen) atoms. The Morgan fingerprint density at radius 2 is 1.28 bits per heavy atom. The molecule has 0 fully saturated rings. The number of aliphatic carboxylic acids is 4. The van der Waals surface area contributed by atoms with Crippen LogP contribution in [0, 0.1) is 0 Å². The van der Waals surface area contributed by atoms with Gasteiger partial charge in [-0.25, -0.2) is 19.2 Å². The third-order valence-corrected chi connectivity index (χ3v) is 2.78. The quantitative estimate of drug-likeness (QED) is 0.121. The summed E-state index contributed by atoms with van der Waals surface area (Å²) >= 11 is 0. The summed E-state index contributed by atoms with van der Waals surface area (Å²) in [5, 5.41) is 44.2. The molecular weight excluding hydrogens is 408 g/mol. The first-order valence-corrected chi connectivity index (χ1v) is 7.44. The normalized spacial score (nSPS) is 14.4. The number of hydrogen-bond acceptors (Lipinski definition) is 11. The molecule has 15 heteroatoms. The third-order valence-electron chi connectivity index (χ3n) is 2.78. The lowest BCUT2D eigenvalue weighted by Crippen LogP contribution is -2.49. The molecule has 5 N–H and O–H groups in total. The number of carbonyl (C=O) groups is 7. The number of carboxylic acids is 4. The van der Waals surface area contributed by atoms with Gasteiger partial charge in [-0.15, -0.1) is 0 Å². The van der Waals surface area contributed by atoms with E-state index >= 15 is 0 Å². The summed E-state index contributed by atoms with van der Waals surface area (Å²) in [6.07, 6.45) is -12.2. The number of rotatable bonds is 12. The van der Waals surface area contributed by atoms with Gasteiger partial charge in [0, 0.05) is 0 Å². The van der Waals surface area contributed by atoms with Gasteiger partial charge in [0.05, 0.1) is 6.42 Å². The number of aliphatic hydroxyl groups is 1. The maximum absolute atomic E-state index is 12.1. The van der Waals surface area contributed by atoms with Gasteiger partial charge < -0.3 is 39.7 Å². The van der Waals surface area contributed by atoms with Gasteiger partial charge in [-0.3, -0.25) is 14.4 Å². The lowest BCUT2D eigenvalue weighted by molar-refractivity contribution is -0.196. The van der Waals surface area contributed by atoms with Crippen LogP contribution >= 0.6 is 0 Å². The molecule has 0 aromatic rings.